The number of aryl methyl sites for hydroxylation is 1. The monoisotopic (exact) mass is 314 g/mol. The van der Waals surface area contributed by atoms with E-state index in [-0.39, 0.29) is 0 Å². The average molecular weight is 315 g/mol. The molecule has 0 saturated heterocycles. The van der Waals surface area contributed by atoms with Crippen LogP contribution in [0.4, 0.5) is 0 Å². The predicted octanol–water partition coefficient (Wildman–Crippen LogP) is 4.73. The lowest BCUT2D eigenvalue weighted by Gasteiger charge is -2.10. The lowest BCUT2D eigenvalue weighted by molar-refractivity contribution is 0.330. The van der Waals surface area contributed by atoms with Crippen molar-refractivity contribution in [3.05, 3.63) is 58.6 Å². The molecule has 0 atom stereocenters. The Labute approximate surface area is 137 Å². The lowest BCUT2D eigenvalue weighted by Crippen LogP contribution is -1.98. The first-order valence-electron chi connectivity index (χ1n) is 7.27. The average Bonchev–Trinajstić information content (AvgIpc) is 2.54. The summed E-state index contributed by atoms with van der Waals surface area (Å²) < 4.78 is 11.1. The third-order valence-corrected chi connectivity index (χ3v) is 3.40. The van der Waals surface area contributed by atoms with E-state index in [1.165, 1.54) is 5.56 Å². The molecular weight excluding hydrogens is 296 g/mol. The largest absolute Gasteiger partial charge is 0.493 e. The Morgan fingerprint density at radius 1 is 1.05 bits per heavy atom. The molecule has 0 spiro atoms. The van der Waals surface area contributed by atoms with Gasteiger partial charge in [-0.3, -0.25) is 0 Å². The van der Waals surface area contributed by atoms with Crippen molar-refractivity contribution in [1.29, 1.82) is 0 Å². The van der Waals surface area contributed by atoms with Gasteiger partial charge in [0.25, 0.3) is 0 Å². The van der Waals surface area contributed by atoms with Crippen LogP contribution in [0.3, 0.4) is 0 Å². The molecule has 0 aromatic heterocycles. The van der Waals surface area contributed by atoms with Gasteiger partial charge in [-0.1, -0.05) is 42.9 Å². The maximum atomic E-state index is 5.83. The molecule has 0 saturated carbocycles. The summed E-state index contributed by atoms with van der Waals surface area (Å²) in [6.07, 6.45) is 2.14. The smallest absolute Gasteiger partial charge is 0.162 e. The number of hydrogen-bond acceptors (Lipinski definition) is 2. The first-order chi connectivity index (χ1) is 10.7. The minimum Gasteiger partial charge on any atom is -0.493 e. The van der Waals surface area contributed by atoms with Gasteiger partial charge in [-0.2, -0.15) is 0 Å². The quantitative estimate of drug-likeness (QED) is 0.743. The molecule has 22 heavy (non-hydrogen) atoms. The van der Waals surface area contributed by atoms with Crippen LogP contribution in [-0.4, -0.2) is 13.7 Å². The van der Waals surface area contributed by atoms with Gasteiger partial charge in [-0.15, -0.1) is 0 Å². The third kappa shape index (κ3) is 4.72. The number of methoxy groups -OCH3 is 1. The van der Waals surface area contributed by atoms with Crippen LogP contribution in [0.5, 0.6) is 11.5 Å². The Kier molecular flexibility index (Phi) is 6.18. The van der Waals surface area contributed by atoms with Gasteiger partial charge >= 0.3 is 0 Å². The molecule has 114 valence electrons. The molecule has 2 rings (SSSR count). The van der Waals surface area contributed by atoms with Crippen molar-refractivity contribution >= 4 is 11.6 Å². The molecule has 0 aliphatic rings. The first kappa shape index (κ1) is 16.3. The van der Waals surface area contributed by atoms with Crippen molar-refractivity contribution in [2.75, 3.05) is 13.7 Å². The van der Waals surface area contributed by atoms with Crippen molar-refractivity contribution in [2.24, 2.45) is 0 Å². The number of halogens is 1. The summed E-state index contributed by atoms with van der Waals surface area (Å²) in [5.74, 6) is 7.49. The van der Waals surface area contributed by atoms with E-state index in [2.05, 4.69) is 24.8 Å². The van der Waals surface area contributed by atoms with Crippen LogP contribution >= 0.6 is 11.6 Å². The third-order valence-electron chi connectivity index (χ3n) is 3.14. The zero-order chi connectivity index (χ0) is 15.8. The standard InChI is InChI=1S/C19H19ClO2/c1-3-5-16-9-12-18(19(14-16)21-2)22-13-4-6-15-7-10-17(20)11-8-15/h7-12,14H,3,5,13H2,1-2H3. The zero-order valence-corrected chi connectivity index (χ0v) is 13.6. The Balaban J connectivity index is 1.98. The molecule has 0 N–H and O–H groups in total. The van der Waals surface area contributed by atoms with E-state index in [1.807, 2.05) is 36.4 Å². The van der Waals surface area contributed by atoms with Crippen LogP contribution in [0, 0.1) is 11.8 Å². The normalized spacial score (nSPS) is 9.77. The van der Waals surface area contributed by atoms with Crippen LogP contribution < -0.4 is 9.47 Å². The van der Waals surface area contributed by atoms with Gasteiger partial charge in [0, 0.05) is 10.6 Å². The molecule has 0 aliphatic carbocycles. The van der Waals surface area contributed by atoms with Gasteiger partial charge in [0.2, 0.25) is 0 Å². The number of benzene rings is 2. The van der Waals surface area contributed by atoms with Crippen molar-refractivity contribution in [3.8, 4) is 23.3 Å². The fraction of sp³-hybridized carbons (Fsp3) is 0.263. The topological polar surface area (TPSA) is 18.5 Å². The predicted molar refractivity (Wildman–Crippen MR) is 90.8 cm³/mol. The molecule has 0 heterocycles. The summed E-state index contributed by atoms with van der Waals surface area (Å²) >= 11 is 5.83. The molecule has 2 nitrogen and oxygen atoms in total. The second-order valence-electron chi connectivity index (χ2n) is 4.83. The number of rotatable bonds is 5. The van der Waals surface area contributed by atoms with Gasteiger partial charge in [0.1, 0.15) is 6.61 Å². The highest BCUT2D eigenvalue weighted by Crippen LogP contribution is 2.28. The summed E-state index contributed by atoms with van der Waals surface area (Å²) in [7, 11) is 1.65. The van der Waals surface area contributed by atoms with Crippen LogP contribution in [-0.2, 0) is 6.42 Å². The molecule has 3 heteroatoms. The van der Waals surface area contributed by atoms with Gasteiger partial charge in [0.15, 0.2) is 11.5 Å². The summed E-state index contributed by atoms with van der Waals surface area (Å²) in [4.78, 5) is 0. The van der Waals surface area contributed by atoms with Crippen LogP contribution in [0.2, 0.25) is 5.02 Å². The molecule has 0 amide bonds. The molecular formula is C19H19ClO2. The second kappa shape index (κ2) is 8.36. The molecule has 0 radical (unpaired) electrons. The minimum atomic E-state index is 0.312. The fourth-order valence-corrected chi connectivity index (χ4v) is 2.19. The first-order valence-corrected chi connectivity index (χ1v) is 7.65. The number of ether oxygens (including phenoxy) is 2. The van der Waals surface area contributed by atoms with E-state index in [9.17, 15) is 0 Å². The number of hydrogen-bond donors (Lipinski definition) is 0. The van der Waals surface area contributed by atoms with Crippen molar-refractivity contribution in [1.82, 2.24) is 0 Å². The Bertz CT molecular complexity index is 666. The molecule has 2 aromatic rings. The van der Waals surface area contributed by atoms with E-state index in [0.717, 1.165) is 24.2 Å². The summed E-state index contributed by atoms with van der Waals surface area (Å²) in [6.45, 7) is 2.47. The van der Waals surface area contributed by atoms with Gasteiger partial charge in [-0.05, 0) is 48.4 Å². The van der Waals surface area contributed by atoms with E-state index in [1.54, 1.807) is 7.11 Å². The van der Waals surface area contributed by atoms with Crippen LogP contribution in [0.1, 0.15) is 24.5 Å². The molecule has 0 unspecified atom stereocenters. The van der Waals surface area contributed by atoms with Crippen molar-refractivity contribution < 1.29 is 9.47 Å². The van der Waals surface area contributed by atoms with Gasteiger partial charge in [-0.25, -0.2) is 0 Å². The maximum Gasteiger partial charge on any atom is 0.162 e. The molecule has 0 aliphatic heterocycles. The zero-order valence-electron chi connectivity index (χ0n) is 12.9. The van der Waals surface area contributed by atoms with E-state index in [4.69, 9.17) is 21.1 Å². The van der Waals surface area contributed by atoms with Gasteiger partial charge in [0.05, 0.1) is 7.11 Å². The van der Waals surface area contributed by atoms with E-state index < -0.39 is 0 Å². The minimum absolute atomic E-state index is 0.312. The van der Waals surface area contributed by atoms with Gasteiger partial charge < -0.3 is 9.47 Å². The highest BCUT2D eigenvalue weighted by atomic mass is 35.5. The molecule has 0 bridgehead atoms. The summed E-state index contributed by atoms with van der Waals surface area (Å²) in [5.41, 5.74) is 2.16. The molecule has 2 aromatic carbocycles. The van der Waals surface area contributed by atoms with E-state index >= 15 is 0 Å². The fourth-order valence-electron chi connectivity index (χ4n) is 2.06. The Morgan fingerprint density at radius 2 is 1.82 bits per heavy atom. The molecule has 0 fully saturated rings. The Hall–Kier alpha value is -2.11. The van der Waals surface area contributed by atoms with Crippen molar-refractivity contribution in [2.45, 2.75) is 19.8 Å². The maximum absolute atomic E-state index is 5.83. The second-order valence-corrected chi connectivity index (χ2v) is 5.27. The summed E-state index contributed by atoms with van der Waals surface area (Å²) in [5, 5.41) is 0.707. The SMILES string of the molecule is CCCc1ccc(OCC#Cc2ccc(Cl)cc2)c(OC)c1. The Morgan fingerprint density at radius 3 is 2.50 bits per heavy atom. The van der Waals surface area contributed by atoms with E-state index in [0.29, 0.717) is 17.4 Å². The van der Waals surface area contributed by atoms with Crippen molar-refractivity contribution in [3.63, 3.8) is 0 Å². The summed E-state index contributed by atoms with van der Waals surface area (Å²) in [6, 6.07) is 13.4. The van der Waals surface area contributed by atoms with Crippen LogP contribution in [0.15, 0.2) is 42.5 Å². The highest BCUT2D eigenvalue weighted by molar-refractivity contribution is 6.30. The highest BCUT2D eigenvalue weighted by Gasteiger charge is 2.04. The van der Waals surface area contributed by atoms with Crippen LogP contribution in [0.25, 0.3) is 0 Å². The lowest BCUT2D eigenvalue weighted by atomic mass is 10.1.